The Hall–Kier alpha value is -1.99. The van der Waals surface area contributed by atoms with Crippen LogP contribution in [0.4, 0.5) is 4.79 Å². The van der Waals surface area contributed by atoms with Gasteiger partial charge in [0.2, 0.25) is 5.04 Å². The Kier molecular flexibility index (Phi) is 9.54. The first-order valence-electron chi connectivity index (χ1n) is 8.60. The number of carbonyl (C=O) groups is 2. The summed E-state index contributed by atoms with van der Waals surface area (Å²) in [5, 5.41) is 1.95. The zero-order valence-corrected chi connectivity index (χ0v) is 17.9. The van der Waals surface area contributed by atoms with Crippen molar-refractivity contribution in [3.8, 4) is 0 Å². The normalized spacial score (nSPS) is 20.6. The summed E-state index contributed by atoms with van der Waals surface area (Å²) in [7, 11) is 4.34. The number of nitrogens with one attached hydrogen (secondary N) is 1. The summed E-state index contributed by atoms with van der Waals surface area (Å²) in [5.41, 5.74) is 0.917. The maximum absolute atomic E-state index is 12.1. The van der Waals surface area contributed by atoms with Crippen molar-refractivity contribution in [3.05, 3.63) is 35.9 Å². The summed E-state index contributed by atoms with van der Waals surface area (Å²) in [5.74, 6) is -0.720. The van der Waals surface area contributed by atoms with Crippen LogP contribution in [0.5, 0.6) is 0 Å². The molecule has 1 unspecified atom stereocenters. The molecule has 1 aliphatic rings. The SMILES string of the molecule is CNC(=O)OSC(=NS(=O)OCC1COC(c2ccccc2)OC1)C(=O)N(C)C. The molecule has 29 heavy (non-hydrogen) atoms. The van der Waals surface area contributed by atoms with Crippen LogP contribution in [0.1, 0.15) is 11.9 Å². The maximum Gasteiger partial charge on any atom is 0.419 e. The Morgan fingerprint density at radius 3 is 2.52 bits per heavy atom. The lowest BCUT2D eigenvalue weighted by molar-refractivity contribution is -0.208. The standard InChI is InChI=1S/C17H23N3O7S2/c1-18-17(22)27-28-14(15(21)20(2)3)19-29(23)26-11-12-9-24-16(25-10-12)13-7-5-4-6-8-13/h4-8,12,16H,9-11H2,1-3H3,(H,18,22). The van der Waals surface area contributed by atoms with Crippen molar-refractivity contribution in [1.82, 2.24) is 10.2 Å². The van der Waals surface area contributed by atoms with E-state index in [-0.39, 0.29) is 17.6 Å². The van der Waals surface area contributed by atoms with E-state index in [0.29, 0.717) is 25.3 Å². The molecule has 1 aliphatic heterocycles. The number of hydrogen-bond donors (Lipinski definition) is 1. The number of ether oxygens (including phenoxy) is 2. The van der Waals surface area contributed by atoms with Crippen LogP contribution in [-0.2, 0) is 33.9 Å². The molecule has 1 aromatic rings. The molecule has 10 nitrogen and oxygen atoms in total. The van der Waals surface area contributed by atoms with E-state index in [1.54, 1.807) is 0 Å². The second-order valence-electron chi connectivity index (χ2n) is 6.08. The molecule has 0 spiro atoms. The van der Waals surface area contributed by atoms with E-state index in [0.717, 1.165) is 5.56 Å². The second kappa shape index (κ2) is 11.9. The van der Waals surface area contributed by atoms with Gasteiger partial charge in [0, 0.05) is 32.6 Å². The number of benzene rings is 1. The molecule has 12 heteroatoms. The molecule has 0 aromatic heterocycles. The van der Waals surface area contributed by atoms with E-state index in [1.165, 1.54) is 26.0 Å². The lowest BCUT2D eigenvalue weighted by Gasteiger charge is -2.29. The van der Waals surface area contributed by atoms with Crippen molar-refractivity contribution < 1.29 is 31.6 Å². The van der Waals surface area contributed by atoms with E-state index < -0.39 is 29.6 Å². The van der Waals surface area contributed by atoms with E-state index in [2.05, 4.69) is 9.71 Å². The van der Waals surface area contributed by atoms with Crippen molar-refractivity contribution >= 4 is 40.4 Å². The second-order valence-corrected chi connectivity index (χ2v) is 7.65. The first kappa shape index (κ1) is 23.3. The van der Waals surface area contributed by atoms with Crippen molar-refractivity contribution in [1.29, 1.82) is 0 Å². The third-order valence-corrected chi connectivity index (χ3v) is 5.03. The fraction of sp³-hybridized carbons (Fsp3) is 0.471. The predicted octanol–water partition coefficient (Wildman–Crippen LogP) is 1.43. The number of nitrogens with zero attached hydrogens (tertiary/aromatic N) is 2. The number of amides is 2. The van der Waals surface area contributed by atoms with Crippen LogP contribution in [0.3, 0.4) is 0 Å². The zero-order valence-electron chi connectivity index (χ0n) is 16.2. The van der Waals surface area contributed by atoms with Crippen molar-refractivity contribution in [2.75, 3.05) is 41.0 Å². The Balaban J connectivity index is 1.84. The first-order valence-corrected chi connectivity index (χ1v) is 10.4. The molecule has 0 aliphatic carbocycles. The van der Waals surface area contributed by atoms with Gasteiger partial charge in [0.05, 0.1) is 19.8 Å². The smallest absolute Gasteiger partial charge is 0.368 e. The van der Waals surface area contributed by atoms with Crippen LogP contribution in [0.25, 0.3) is 0 Å². The topological polar surface area (TPSA) is 116 Å². The Labute approximate surface area is 175 Å². The van der Waals surface area contributed by atoms with Gasteiger partial charge >= 0.3 is 6.09 Å². The van der Waals surface area contributed by atoms with E-state index in [9.17, 15) is 13.8 Å². The highest BCUT2D eigenvalue weighted by atomic mass is 32.2. The van der Waals surface area contributed by atoms with Gasteiger partial charge in [0.1, 0.15) is 12.0 Å². The highest BCUT2D eigenvalue weighted by Crippen LogP contribution is 2.25. The van der Waals surface area contributed by atoms with Gasteiger partial charge in [-0.1, -0.05) is 30.3 Å². The molecule has 0 radical (unpaired) electrons. The Bertz CT molecular complexity index is 738. The molecule has 2 rings (SSSR count). The quantitative estimate of drug-likeness (QED) is 0.411. The molecule has 0 bridgehead atoms. The summed E-state index contributed by atoms with van der Waals surface area (Å²) in [4.78, 5) is 24.5. The fourth-order valence-corrected chi connectivity index (χ4v) is 3.46. The van der Waals surface area contributed by atoms with Gasteiger partial charge in [-0.3, -0.25) is 8.98 Å². The maximum atomic E-state index is 12.1. The molecule has 2 amide bonds. The third-order valence-electron chi connectivity index (χ3n) is 3.59. The molecular formula is C17H23N3O7S2. The summed E-state index contributed by atoms with van der Waals surface area (Å²) in [6.07, 6.45) is -1.22. The summed E-state index contributed by atoms with van der Waals surface area (Å²) in [6.45, 7) is 0.777. The van der Waals surface area contributed by atoms with Gasteiger partial charge in [-0.25, -0.2) is 9.00 Å². The van der Waals surface area contributed by atoms with Crippen LogP contribution < -0.4 is 5.32 Å². The number of carbonyl (C=O) groups excluding carboxylic acids is 2. The molecule has 1 aromatic carbocycles. The summed E-state index contributed by atoms with van der Waals surface area (Å²) < 4.78 is 37.1. The van der Waals surface area contributed by atoms with E-state index >= 15 is 0 Å². The zero-order chi connectivity index (χ0) is 21.2. The molecule has 1 saturated heterocycles. The lowest BCUT2D eigenvalue weighted by atomic mass is 10.1. The lowest BCUT2D eigenvalue weighted by Crippen LogP contribution is -2.31. The highest BCUT2D eigenvalue weighted by Gasteiger charge is 2.25. The van der Waals surface area contributed by atoms with Crippen LogP contribution >= 0.6 is 12.0 Å². The molecule has 1 atom stereocenters. The van der Waals surface area contributed by atoms with Crippen LogP contribution in [-0.4, -0.2) is 67.1 Å². The number of hydrogen-bond acceptors (Lipinski definition) is 8. The van der Waals surface area contributed by atoms with Crippen molar-refractivity contribution in [2.24, 2.45) is 10.3 Å². The van der Waals surface area contributed by atoms with Crippen LogP contribution in [0, 0.1) is 5.92 Å². The Morgan fingerprint density at radius 1 is 1.28 bits per heavy atom. The van der Waals surface area contributed by atoms with Gasteiger partial charge in [0.25, 0.3) is 17.2 Å². The van der Waals surface area contributed by atoms with Crippen molar-refractivity contribution in [2.45, 2.75) is 6.29 Å². The first-order chi connectivity index (χ1) is 13.9. The van der Waals surface area contributed by atoms with Crippen LogP contribution in [0.15, 0.2) is 34.7 Å². The highest BCUT2D eigenvalue weighted by molar-refractivity contribution is 8.12. The Morgan fingerprint density at radius 2 is 1.93 bits per heavy atom. The minimum absolute atomic E-state index is 0.0576. The van der Waals surface area contributed by atoms with Crippen molar-refractivity contribution in [3.63, 3.8) is 0 Å². The van der Waals surface area contributed by atoms with Gasteiger partial charge in [0.15, 0.2) is 6.29 Å². The molecule has 1 heterocycles. The molecule has 160 valence electrons. The summed E-state index contributed by atoms with van der Waals surface area (Å²) >= 11 is -1.75. The monoisotopic (exact) mass is 445 g/mol. The van der Waals surface area contributed by atoms with Crippen LogP contribution in [0.2, 0.25) is 0 Å². The molecule has 1 N–H and O–H groups in total. The number of rotatable bonds is 5. The predicted molar refractivity (Wildman–Crippen MR) is 108 cm³/mol. The van der Waals surface area contributed by atoms with E-state index in [1.807, 2.05) is 30.3 Å². The minimum Gasteiger partial charge on any atom is -0.368 e. The van der Waals surface area contributed by atoms with E-state index in [4.69, 9.17) is 17.8 Å². The summed E-state index contributed by atoms with van der Waals surface area (Å²) in [6, 6.07) is 9.53. The minimum atomic E-state index is -2.15. The largest absolute Gasteiger partial charge is 0.419 e. The van der Waals surface area contributed by atoms with Gasteiger partial charge in [-0.05, 0) is 0 Å². The average Bonchev–Trinajstić information content (AvgIpc) is 2.75. The fourth-order valence-electron chi connectivity index (χ4n) is 2.09. The molecule has 0 saturated carbocycles. The average molecular weight is 446 g/mol. The molecular weight excluding hydrogens is 422 g/mol. The molecule has 1 fully saturated rings. The van der Waals surface area contributed by atoms with Gasteiger partial charge in [-0.15, -0.1) is 4.40 Å². The third kappa shape index (κ3) is 7.74. The van der Waals surface area contributed by atoms with Gasteiger partial charge in [-0.2, -0.15) is 0 Å². The van der Waals surface area contributed by atoms with Gasteiger partial charge < -0.3 is 23.9 Å².